The number of aromatic nitrogens is 2. The monoisotopic (exact) mass is 287 g/mol. The zero-order chi connectivity index (χ0) is 14.8. The van der Waals surface area contributed by atoms with E-state index in [1.54, 1.807) is 13.3 Å². The summed E-state index contributed by atoms with van der Waals surface area (Å²) in [5.41, 5.74) is 1.75. The van der Waals surface area contributed by atoms with E-state index < -0.39 is 6.09 Å². The number of benzene rings is 1. The molecule has 1 atom stereocenters. The number of aromatic amines is 1. The van der Waals surface area contributed by atoms with Gasteiger partial charge in [0, 0.05) is 12.1 Å². The van der Waals surface area contributed by atoms with Crippen LogP contribution in [-0.2, 0) is 0 Å². The summed E-state index contributed by atoms with van der Waals surface area (Å²) in [4.78, 5) is 20.3. The highest BCUT2D eigenvalue weighted by Gasteiger charge is 2.31. The summed E-state index contributed by atoms with van der Waals surface area (Å²) in [5, 5.41) is 9.22. The van der Waals surface area contributed by atoms with Gasteiger partial charge in [0.05, 0.1) is 25.0 Å². The van der Waals surface area contributed by atoms with Crippen molar-refractivity contribution in [2.45, 2.75) is 18.9 Å². The molecule has 2 heterocycles. The van der Waals surface area contributed by atoms with E-state index in [1.165, 1.54) is 4.90 Å². The molecule has 1 aliphatic heterocycles. The number of methoxy groups -OCH3 is 1. The number of likely N-dealkylation sites (tertiary alicyclic amines) is 1. The van der Waals surface area contributed by atoms with Gasteiger partial charge >= 0.3 is 6.09 Å². The molecule has 0 spiro atoms. The Morgan fingerprint density at radius 1 is 1.48 bits per heavy atom. The average molecular weight is 287 g/mol. The fraction of sp³-hybridized carbons (Fsp3) is 0.333. The Hall–Kier alpha value is -2.50. The van der Waals surface area contributed by atoms with Crippen molar-refractivity contribution >= 4 is 6.09 Å². The maximum Gasteiger partial charge on any atom is 0.407 e. The number of rotatable bonds is 3. The molecule has 1 saturated heterocycles. The van der Waals surface area contributed by atoms with Gasteiger partial charge in [0.1, 0.15) is 11.6 Å². The number of H-pyrrole nitrogens is 1. The summed E-state index contributed by atoms with van der Waals surface area (Å²) in [7, 11) is 1.62. The molecule has 0 unspecified atom stereocenters. The molecule has 1 aromatic carbocycles. The molecule has 1 fully saturated rings. The maximum atomic E-state index is 11.2. The van der Waals surface area contributed by atoms with E-state index in [2.05, 4.69) is 9.97 Å². The number of para-hydroxylation sites is 1. The molecule has 0 radical (unpaired) electrons. The van der Waals surface area contributed by atoms with Gasteiger partial charge in [0.25, 0.3) is 0 Å². The van der Waals surface area contributed by atoms with Crippen LogP contribution >= 0.6 is 0 Å². The lowest BCUT2D eigenvalue weighted by molar-refractivity contribution is 0.139. The molecule has 1 aromatic heterocycles. The molecule has 110 valence electrons. The van der Waals surface area contributed by atoms with E-state index in [9.17, 15) is 9.90 Å². The highest BCUT2D eigenvalue weighted by atomic mass is 16.5. The van der Waals surface area contributed by atoms with Gasteiger partial charge in [0.2, 0.25) is 0 Å². The number of nitrogens with one attached hydrogen (secondary N) is 1. The van der Waals surface area contributed by atoms with Crippen LogP contribution < -0.4 is 4.74 Å². The molecule has 1 amide bonds. The molecular weight excluding hydrogens is 270 g/mol. The number of carboxylic acid groups (broad SMARTS) is 1. The summed E-state index contributed by atoms with van der Waals surface area (Å²) >= 11 is 0. The first-order valence-electron chi connectivity index (χ1n) is 6.88. The summed E-state index contributed by atoms with van der Waals surface area (Å²) in [6.07, 6.45) is 2.49. The van der Waals surface area contributed by atoms with E-state index in [1.807, 2.05) is 24.3 Å². The van der Waals surface area contributed by atoms with Crippen LogP contribution in [0.2, 0.25) is 0 Å². The Kier molecular flexibility index (Phi) is 3.51. The third kappa shape index (κ3) is 2.44. The van der Waals surface area contributed by atoms with Crippen molar-refractivity contribution in [1.82, 2.24) is 14.9 Å². The van der Waals surface area contributed by atoms with E-state index in [4.69, 9.17) is 4.74 Å². The quantitative estimate of drug-likeness (QED) is 0.909. The van der Waals surface area contributed by atoms with Crippen molar-refractivity contribution in [3.63, 3.8) is 0 Å². The topological polar surface area (TPSA) is 78.4 Å². The van der Waals surface area contributed by atoms with Crippen LogP contribution in [-0.4, -0.2) is 39.7 Å². The van der Waals surface area contributed by atoms with Crippen LogP contribution in [0, 0.1) is 0 Å². The smallest absolute Gasteiger partial charge is 0.407 e. The van der Waals surface area contributed by atoms with E-state index in [0.717, 1.165) is 29.8 Å². The van der Waals surface area contributed by atoms with Gasteiger partial charge in [-0.15, -0.1) is 0 Å². The zero-order valence-electron chi connectivity index (χ0n) is 11.7. The second kappa shape index (κ2) is 5.47. The Morgan fingerprint density at radius 3 is 3.05 bits per heavy atom. The molecule has 21 heavy (non-hydrogen) atoms. The molecule has 1 aliphatic rings. The van der Waals surface area contributed by atoms with Gasteiger partial charge in [-0.05, 0) is 25.0 Å². The lowest BCUT2D eigenvalue weighted by atomic mass is 10.1. The zero-order valence-corrected chi connectivity index (χ0v) is 11.7. The fourth-order valence-electron chi connectivity index (χ4n) is 2.79. The summed E-state index contributed by atoms with van der Waals surface area (Å²) < 4.78 is 5.34. The highest BCUT2D eigenvalue weighted by Crippen LogP contribution is 2.33. The Bertz CT molecular complexity index is 653. The van der Waals surface area contributed by atoms with Gasteiger partial charge in [-0.3, -0.25) is 4.90 Å². The van der Waals surface area contributed by atoms with Crippen LogP contribution in [0.25, 0.3) is 11.3 Å². The SMILES string of the molecule is COc1ccccc1-c1cnc([C@@H]2CCCN2C(=O)O)[nH]1. The van der Waals surface area contributed by atoms with E-state index in [-0.39, 0.29) is 6.04 Å². The van der Waals surface area contributed by atoms with Crippen LogP contribution in [0.1, 0.15) is 24.7 Å². The lowest BCUT2D eigenvalue weighted by Gasteiger charge is -2.19. The standard InChI is InChI=1S/C15H17N3O3/c1-21-13-7-3-2-5-10(13)11-9-16-14(17-11)12-6-4-8-18(12)15(19)20/h2-3,5,7,9,12H,4,6,8H2,1H3,(H,16,17)(H,19,20)/t12-/m0/s1. The molecule has 3 rings (SSSR count). The third-order valence-corrected chi connectivity index (χ3v) is 3.81. The Morgan fingerprint density at radius 2 is 2.29 bits per heavy atom. The molecule has 0 bridgehead atoms. The molecule has 6 heteroatoms. The van der Waals surface area contributed by atoms with Gasteiger partial charge in [-0.1, -0.05) is 12.1 Å². The number of hydrogen-bond acceptors (Lipinski definition) is 3. The van der Waals surface area contributed by atoms with Gasteiger partial charge < -0.3 is 14.8 Å². The normalized spacial score (nSPS) is 18.0. The molecule has 0 aliphatic carbocycles. The first kappa shape index (κ1) is 13.5. The number of hydrogen-bond donors (Lipinski definition) is 2. The first-order valence-corrected chi connectivity index (χ1v) is 6.88. The minimum atomic E-state index is -0.896. The van der Waals surface area contributed by atoms with Gasteiger partial charge in [-0.25, -0.2) is 9.78 Å². The van der Waals surface area contributed by atoms with Gasteiger partial charge in [0.15, 0.2) is 0 Å². The minimum absolute atomic E-state index is 0.189. The average Bonchev–Trinajstić information content (AvgIpc) is 3.15. The fourth-order valence-corrected chi connectivity index (χ4v) is 2.79. The second-order valence-corrected chi connectivity index (χ2v) is 5.02. The van der Waals surface area contributed by atoms with Crippen LogP contribution in [0.4, 0.5) is 4.79 Å². The minimum Gasteiger partial charge on any atom is -0.496 e. The number of imidazole rings is 1. The predicted octanol–water partition coefficient (Wildman–Crippen LogP) is 2.90. The number of amides is 1. The van der Waals surface area contributed by atoms with E-state index >= 15 is 0 Å². The largest absolute Gasteiger partial charge is 0.496 e. The van der Waals surface area contributed by atoms with Crippen molar-refractivity contribution in [2.75, 3.05) is 13.7 Å². The Balaban J connectivity index is 1.91. The predicted molar refractivity (Wildman–Crippen MR) is 77.3 cm³/mol. The summed E-state index contributed by atoms with van der Waals surface area (Å²) in [6.45, 7) is 0.560. The number of nitrogens with zero attached hydrogens (tertiary/aromatic N) is 2. The van der Waals surface area contributed by atoms with Crippen molar-refractivity contribution < 1.29 is 14.6 Å². The van der Waals surface area contributed by atoms with Gasteiger partial charge in [-0.2, -0.15) is 0 Å². The number of carbonyl (C=O) groups is 1. The summed E-state index contributed by atoms with van der Waals surface area (Å²) in [6, 6.07) is 7.47. The maximum absolute atomic E-state index is 11.2. The lowest BCUT2D eigenvalue weighted by Crippen LogP contribution is -2.29. The molecule has 2 N–H and O–H groups in total. The van der Waals surface area contributed by atoms with Crippen molar-refractivity contribution in [3.05, 3.63) is 36.3 Å². The highest BCUT2D eigenvalue weighted by molar-refractivity contribution is 5.68. The van der Waals surface area contributed by atoms with Crippen LogP contribution in [0.15, 0.2) is 30.5 Å². The molecular formula is C15H17N3O3. The van der Waals surface area contributed by atoms with Crippen LogP contribution in [0.3, 0.4) is 0 Å². The Labute approximate surface area is 122 Å². The summed E-state index contributed by atoms with van der Waals surface area (Å²) in [5.74, 6) is 1.45. The molecule has 0 saturated carbocycles. The van der Waals surface area contributed by atoms with Crippen molar-refractivity contribution in [3.8, 4) is 17.0 Å². The second-order valence-electron chi connectivity index (χ2n) is 5.02. The molecule has 6 nitrogen and oxygen atoms in total. The van der Waals surface area contributed by atoms with Crippen molar-refractivity contribution in [1.29, 1.82) is 0 Å². The van der Waals surface area contributed by atoms with Crippen molar-refractivity contribution in [2.24, 2.45) is 0 Å². The van der Waals surface area contributed by atoms with E-state index in [0.29, 0.717) is 12.4 Å². The third-order valence-electron chi connectivity index (χ3n) is 3.81. The molecule has 2 aromatic rings. The van der Waals surface area contributed by atoms with Crippen LogP contribution in [0.5, 0.6) is 5.75 Å². The first-order chi connectivity index (χ1) is 10.2. The number of ether oxygens (including phenoxy) is 1.